The van der Waals surface area contributed by atoms with E-state index in [4.69, 9.17) is 28.7 Å². The molecule has 3 atom stereocenters. The molecule has 0 saturated carbocycles. The Morgan fingerprint density at radius 1 is 0.839 bits per heavy atom. The number of nitrogens with two attached hydrogens (primary N) is 5. The van der Waals surface area contributed by atoms with Crippen LogP contribution in [0, 0.1) is 5.92 Å². The predicted molar refractivity (Wildman–Crippen MR) is 119 cm³/mol. The van der Waals surface area contributed by atoms with Crippen LogP contribution >= 0.6 is 0 Å². The lowest BCUT2D eigenvalue weighted by atomic mass is 10.0. The molecule has 0 aromatic carbocycles. The van der Waals surface area contributed by atoms with Gasteiger partial charge in [-0.25, -0.2) is 4.79 Å². The molecule has 0 radical (unpaired) electrons. The van der Waals surface area contributed by atoms with Crippen LogP contribution in [0.4, 0.5) is 0 Å². The van der Waals surface area contributed by atoms with E-state index in [9.17, 15) is 19.5 Å². The summed E-state index contributed by atoms with van der Waals surface area (Å²) in [6, 6.07) is -2.94. The summed E-state index contributed by atoms with van der Waals surface area (Å²) in [7, 11) is 0. The largest absolute Gasteiger partial charge is 0.480 e. The number of hydrogen-bond donors (Lipinski definition) is 8. The molecule has 0 bridgehead atoms. The van der Waals surface area contributed by atoms with Crippen molar-refractivity contribution in [2.75, 3.05) is 13.1 Å². The average Bonchev–Trinajstić information content (AvgIpc) is 2.65. The first-order valence-electron chi connectivity index (χ1n) is 10.1. The SMILES string of the molecule is CC(C)CC(NC(=O)C(CCCN=C(N)N)NC(=O)C(N)CCCN=C(N)N)C(=O)O. The third-order valence-corrected chi connectivity index (χ3v) is 4.20. The van der Waals surface area contributed by atoms with Gasteiger partial charge in [-0.15, -0.1) is 0 Å². The zero-order valence-corrected chi connectivity index (χ0v) is 18.2. The monoisotopic (exact) mass is 443 g/mol. The average molecular weight is 444 g/mol. The molecule has 0 aliphatic carbocycles. The van der Waals surface area contributed by atoms with Gasteiger partial charge in [0.2, 0.25) is 11.8 Å². The van der Waals surface area contributed by atoms with Gasteiger partial charge in [-0.2, -0.15) is 0 Å². The van der Waals surface area contributed by atoms with Gasteiger partial charge in [-0.3, -0.25) is 19.6 Å². The van der Waals surface area contributed by atoms with E-state index in [1.807, 2.05) is 13.8 Å². The molecule has 0 aromatic heterocycles. The van der Waals surface area contributed by atoms with E-state index in [0.29, 0.717) is 25.8 Å². The van der Waals surface area contributed by atoms with Crippen LogP contribution in [-0.4, -0.2) is 66.0 Å². The van der Waals surface area contributed by atoms with Gasteiger partial charge in [0.1, 0.15) is 12.1 Å². The molecule has 178 valence electrons. The molecular formula is C18H37N9O4. The highest BCUT2D eigenvalue weighted by Gasteiger charge is 2.28. The van der Waals surface area contributed by atoms with Gasteiger partial charge < -0.3 is 44.4 Å². The first kappa shape index (κ1) is 27.9. The molecule has 0 aliphatic heterocycles. The van der Waals surface area contributed by atoms with Crippen molar-refractivity contribution in [3.8, 4) is 0 Å². The molecule has 0 aliphatic rings. The topological polar surface area (TPSA) is 250 Å². The van der Waals surface area contributed by atoms with Crippen molar-refractivity contribution in [1.82, 2.24) is 10.6 Å². The summed E-state index contributed by atoms with van der Waals surface area (Å²) in [4.78, 5) is 44.3. The summed E-state index contributed by atoms with van der Waals surface area (Å²) in [5.74, 6) is -2.39. The van der Waals surface area contributed by atoms with Gasteiger partial charge in [0, 0.05) is 13.1 Å². The van der Waals surface area contributed by atoms with Crippen molar-refractivity contribution < 1.29 is 19.5 Å². The molecular weight excluding hydrogens is 406 g/mol. The van der Waals surface area contributed by atoms with Crippen molar-refractivity contribution in [2.24, 2.45) is 44.6 Å². The number of guanidine groups is 2. The third-order valence-electron chi connectivity index (χ3n) is 4.20. The van der Waals surface area contributed by atoms with Crippen LogP contribution in [0.2, 0.25) is 0 Å². The lowest BCUT2D eigenvalue weighted by molar-refractivity contribution is -0.142. The van der Waals surface area contributed by atoms with Crippen LogP contribution in [0.5, 0.6) is 0 Å². The minimum Gasteiger partial charge on any atom is -0.480 e. The Bertz CT molecular complexity index is 644. The van der Waals surface area contributed by atoms with Crippen molar-refractivity contribution in [3.05, 3.63) is 0 Å². The number of rotatable bonds is 15. The highest BCUT2D eigenvalue weighted by atomic mass is 16.4. The summed E-state index contributed by atoms with van der Waals surface area (Å²) in [5, 5.41) is 14.4. The Labute approximate surface area is 182 Å². The summed E-state index contributed by atoms with van der Waals surface area (Å²) >= 11 is 0. The Balaban J connectivity index is 5.06. The van der Waals surface area contributed by atoms with E-state index in [1.54, 1.807) is 0 Å². The summed E-state index contributed by atoms with van der Waals surface area (Å²) < 4.78 is 0. The molecule has 0 rings (SSSR count). The third kappa shape index (κ3) is 13.7. The number of carboxylic acids is 1. The molecule has 0 fully saturated rings. The minimum absolute atomic E-state index is 0.0509. The lowest BCUT2D eigenvalue weighted by Gasteiger charge is -2.23. The zero-order chi connectivity index (χ0) is 24.0. The molecule has 0 saturated heterocycles. The van der Waals surface area contributed by atoms with Crippen molar-refractivity contribution in [2.45, 2.75) is 64.1 Å². The van der Waals surface area contributed by atoms with E-state index < -0.39 is 35.9 Å². The number of carboxylic acid groups (broad SMARTS) is 1. The number of nitrogens with one attached hydrogen (secondary N) is 2. The molecule has 13 heteroatoms. The van der Waals surface area contributed by atoms with Crippen LogP contribution in [0.1, 0.15) is 46.0 Å². The van der Waals surface area contributed by atoms with Crippen LogP contribution in [0.25, 0.3) is 0 Å². The lowest BCUT2D eigenvalue weighted by Crippen LogP contribution is -2.54. The predicted octanol–water partition coefficient (Wildman–Crippen LogP) is -2.48. The van der Waals surface area contributed by atoms with E-state index in [2.05, 4.69) is 20.6 Å². The van der Waals surface area contributed by atoms with E-state index in [1.165, 1.54) is 0 Å². The minimum atomic E-state index is -1.15. The fourth-order valence-corrected chi connectivity index (χ4v) is 2.67. The molecule has 3 unspecified atom stereocenters. The molecule has 13 N–H and O–H groups in total. The molecule has 0 spiro atoms. The number of aliphatic carboxylic acids is 1. The molecule has 0 aromatic rings. The highest BCUT2D eigenvalue weighted by Crippen LogP contribution is 2.07. The van der Waals surface area contributed by atoms with E-state index >= 15 is 0 Å². The Kier molecular flexibility index (Phi) is 13.3. The maximum atomic E-state index is 12.7. The molecule has 31 heavy (non-hydrogen) atoms. The van der Waals surface area contributed by atoms with E-state index in [0.717, 1.165) is 0 Å². The van der Waals surface area contributed by atoms with E-state index in [-0.39, 0.29) is 37.2 Å². The first-order valence-corrected chi connectivity index (χ1v) is 10.1. The van der Waals surface area contributed by atoms with Gasteiger partial charge in [0.05, 0.1) is 6.04 Å². The summed E-state index contributed by atoms with van der Waals surface area (Å²) in [6.45, 7) is 4.26. The van der Waals surface area contributed by atoms with Crippen LogP contribution in [0.3, 0.4) is 0 Å². The van der Waals surface area contributed by atoms with Gasteiger partial charge in [-0.1, -0.05) is 13.8 Å². The number of carbonyl (C=O) groups is 3. The van der Waals surface area contributed by atoms with Crippen LogP contribution in [0.15, 0.2) is 9.98 Å². The number of nitrogens with zero attached hydrogens (tertiary/aromatic N) is 2. The Morgan fingerprint density at radius 3 is 1.77 bits per heavy atom. The van der Waals surface area contributed by atoms with Crippen molar-refractivity contribution >= 4 is 29.7 Å². The van der Waals surface area contributed by atoms with Crippen molar-refractivity contribution in [3.63, 3.8) is 0 Å². The fourth-order valence-electron chi connectivity index (χ4n) is 2.67. The van der Waals surface area contributed by atoms with Crippen molar-refractivity contribution in [1.29, 1.82) is 0 Å². The maximum Gasteiger partial charge on any atom is 0.326 e. The standard InChI is InChI=1S/C18H37N9O4/c1-10(2)9-13(16(30)31)27-15(29)12(6-4-8-25-18(22)23)26-14(28)11(19)5-3-7-24-17(20)21/h10-13H,3-9,19H2,1-2H3,(H,26,28)(H,27,29)(H,30,31)(H4,20,21,24)(H4,22,23,25). The summed E-state index contributed by atoms with van der Waals surface area (Å²) in [5.41, 5.74) is 26.9. The highest BCUT2D eigenvalue weighted by molar-refractivity contribution is 5.91. The van der Waals surface area contributed by atoms with Crippen LogP contribution < -0.4 is 39.3 Å². The Hall–Kier alpha value is -3.09. The Morgan fingerprint density at radius 2 is 1.32 bits per heavy atom. The first-order chi connectivity index (χ1) is 14.4. The van der Waals surface area contributed by atoms with Gasteiger partial charge in [-0.05, 0) is 38.0 Å². The number of carbonyl (C=O) groups excluding carboxylic acids is 2. The number of hydrogen-bond acceptors (Lipinski definition) is 6. The fraction of sp³-hybridized carbons (Fsp3) is 0.722. The number of amides is 2. The van der Waals surface area contributed by atoms with Gasteiger partial charge in [0.15, 0.2) is 11.9 Å². The molecule has 2 amide bonds. The zero-order valence-electron chi connectivity index (χ0n) is 18.2. The normalized spacial score (nSPS) is 13.5. The van der Waals surface area contributed by atoms with Gasteiger partial charge in [0.25, 0.3) is 0 Å². The quantitative estimate of drug-likeness (QED) is 0.0756. The van der Waals surface area contributed by atoms with Gasteiger partial charge >= 0.3 is 5.97 Å². The second-order valence-electron chi connectivity index (χ2n) is 7.59. The number of aliphatic imine (C=N–C) groups is 2. The second kappa shape index (κ2) is 14.8. The molecule has 0 heterocycles. The summed E-state index contributed by atoms with van der Waals surface area (Å²) in [6.07, 6.45) is 1.61. The maximum absolute atomic E-state index is 12.7. The second-order valence-corrected chi connectivity index (χ2v) is 7.59. The smallest absolute Gasteiger partial charge is 0.326 e. The molecule has 13 nitrogen and oxygen atoms in total. The van der Waals surface area contributed by atoms with Crippen LogP contribution in [-0.2, 0) is 14.4 Å².